The van der Waals surface area contributed by atoms with Crippen molar-refractivity contribution in [2.45, 2.75) is 18.2 Å². The fourth-order valence-corrected chi connectivity index (χ4v) is 4.48. The van der Waals surface area contributed by atoms with Gasteiger partial charge in [-0.1, -0.05) is 23.7 Å². The molecule has 0 aliphatic rings. The van der Waals surface area contributed by atoms with Gasteiger partial charge in [-0.3, -0.25) is 4.79 Å². The highest BCUT2D eigenvalue weighted by Gasteiger charge is 2.15. The van der Waals surface area contributed by atoms with Crippen LogP contribution in [0.25, 0.3) is 0 Å². The number of halogens is 1. The average Bonchev–Trinajstić information content (AvgIpc) is 3.19. The summed E-state index contributed by atoms with van der Waals surface area (Å²) in [6.07, 6.45) is 0.635. The van der Waals surface area contributed by atoms with E-state index in [4.69, 9.17) is 11.6 Å². The predicted molar refractivity (Wildman–Crippen MR) is 114 cm³/mol. The minimum Gasteiger partial charge on any atom is -0.322 e. The third kappa shape index (κ3) is 4.99. The molecule has 0 spiro atoms. The Morgan fingerprint density at radius 2 is 1.82 bits per heavy atom. The van der Waals surface area contributed by atoms with Crippen molar-refractivity contribution in [2.24, 2.45) is 0 Å². The standard InChI is InChI=1S/C20H19ClN2O3S2/c1-14-18(21)5-2-6-19(14)23-20(24)15-7-9-17(10-8-15)28(25,26)22-12-11-16-4-3-13-27-16/h2-10,13,22H,11-12H2,1H3,(H,23,24). The maximum atomic E-state index is 12.4. The van der Waals surface area contributed by atoms with Crippen molar-refractivity contribution in [2.75, 3.05) is 11.9 Å². The van der Waals surface area contributed by atoms with Gasteiger partial charge in [0.2, 0.25) is 10.0 Å². The van der Waals surface area contributed by atoms with E-state index in [2.05, 4.69) is 10.0 Å². The summed E-state index contributed by atoms with van der Waals surface area (Å²) in [7, 11) is -3.62. The van der Waals surface area contributed by atoms with Crippen LogP contribution in [-0.2, 0) is 16.4 Å². The molecule has 1 amide bonds. The first-order chi connectivity index (χ1) is 13.4. The number of benzene rings is 2. The summed E-state index contributed by atoms with van der Waals surface area (Å²) in [5.41, 5.74) is 1.74. The largest absolute Gasteiger partial charge is 0.322 e. The molecule has 0 saturated heterocycles. The summed E-state index contributed by atoms with van der Waals surface area (Å²) in [4.78, 5) is 13.7. The number of carbonyl (C=O) groups is 1. The molecule has 8 heteroatoms. The second-order valence-electron chi connectivity index (χ2n) is 6.12. The van der Waals surface area contributed by atoms with Crippen LogP contribution in [0, 0.1) is 6.92 Å². The molecule has 5 nitrogen and oxygen atoms in total. The topological polar surface area (TPSA) is 75.3 Å². The lowest BCUT2D eigenvalue weighted by Crippen LogP contribution is -2.26. The van der Waals surface area contributed by atoms with E-state index in [-0.39, 0.29) is 10.8 Å². The number of hydrogen-bond acceptors (Lipinski definition) is 4. The van der Waals surface area contributed by atoms with Gasteiger partial charge in [-0.25, -0.2) is 13.1 Å². The van der Waals surface area contributed by atoms with E-state index in [9.17, 15) is 13.2 Å². The minimum absolute atomic E-state index is 0.120. The molecule has 2 aromatic carbocycles. The normalized spacial score (nSPS) is 11.4. The zero-order chi connectivity index (χ0) is 20.1. The van der Waals surface area contributed by atoms with Gasteiger partial charge in [-0.2, -0.15) is 0 Å². The number of hydrogen-bond donors (Lipinski definition) is 2. The molecule has 146 valence electrons. The number of carbonyl (C=O) groups excluding carboxylic acids is 1. The summed E-state index contributed by atoms with van der Waals surface area (Å²) in [5.74, 6) is -0.333. The van der Waals surface area contributed by atoms with Crippen LogP contribution in [0.15, 0.2) is 64.9 Å². The van der Waals surface area contributed by atoms with Crippen molar-refractivity contribution in [1.29, 1.82) is 0 Å². The highest BCUT2D eigenvalue weighted by molar-refractivity contribution is 7.89. The molecule has 0 unspecified atom stereocenters. The number of anilines is 1. The second-order valence-corrected chi connectivity index (χ2v) is 9.32. The lowest BCUT2D eigenvalue weighted by molar-refractivity contribution is 0.102. The van der Waals surface area contributed by atoms with Crippen LogP contribution in [-0.4, -0.2) is 20.9 Å². The third-order valence-electron chi connectivity index (χ3n) is 4.19. The molecular formula is C20H19ClN2O3S2. The van der Waals surface area contributed by atoms with E-state index in [1.807, 2.05) is 24.4 Å². The van der Waals surface area contributed by atoms with Crippen molar-refractivity contribution in [3.05, 3.63) is 81.0 Å². The Labute approximate surface area is 173 Å². The molecule has 28 heavy (non-hydrogen) atoms. The fraction of sp³-hybridized carbons (Fsp3) is 0.150. The molecule has 3 rings (SSSR count). The Balaban J connectivity index is 1.64. The van der Waals surface area contributed by atoms with Crippen LogP contribution in [0.2, 0.25) is 5.02 Å². The second kappa shape index (κ2) is 8.87. The fourth-order valence-electron chi connectivity index (χ4n) is 2.57. The van der Waals surface area contributed by atoms with Gasteiger partial charge in [0, 0.05) is 27.7 Å². The maximum Gasteiger partial charge on any atom is 0.255 e. The summed E-state index contributed by atoms with van der Waals surface area (Å²) in [6.45, 7) is 2.13. The molecule has 3 aromatic rings. The molecule has 0 atom stereocenters. The summed E-state index contributed by atoms with van der Waals surface area (Å²) in [5, 5.41) is 5.31. The molecule has 1 heterocycles. The molecule has 0 aliphatic carbocycles. The van der Waals surface area contributed by atoms with Crippen LogP contribution < -0.4 is 10.0 Å². The van der Waals surface area contributed by atoms with Gasteiger partial charge in [0.25, 0.3) is 5.91 Å². The Morgan fingerprint density at radius 1 is 1.07 bits per heavy atom. The van der Waals surface area contributed by atoms with Crippen molar-refractivity contribution >= 4 is 44.6 Å². The first kappa shape index (κ1) is 20.5. The van der Waals surface area contributed by atoms with Gasteiger partial charge in [0.05, 0.1) is 4.90 Å². The third-order valence-corrected chi connectivity index (χ3v) is 7.01. The quantitative estimate of drug-likeness (QED) is 0.575. The smallest absolute Gasteiger partial charge is 0.255 e. The zero-order valence-electron chi connectivity index (χ0n) is 15.1. The van der Waals surface area contributed by atoms with Crippen molar-refractivity contribution < 1.29 is 13.2 Å². The minimum atomic E-state index is -3.62. The van der Waals surface area contributed by atoms with Gasteiger partial charge in [-0.15, -0.1) is 11.3 Å². The number of thiophene rings is 1. The van der Waals surface area contributed by atoms with Gasteiger partial charge in [0.1, 0.15) is 0 Å². The van der Waals surface area contributed by atoms with E-state index >= 15 is 0 Å². The van der Waals surface area contributed by atoms with E-state index < -0.39 is 10.0 Å². The summed E-state index contributed by atoms with van der Waals surface area (Å²) >= 11 is 7.65. The van der Waals surface area contributed by atoms with Crippen LogP contribution in [0.3, 0.4) is 0 Å². The zero-order valence-corrected chi connectivity index (χ0v) is 17.5. The SMILES string of the molecule is Cc1c(Cl)cccc1NC(=O)c1ccc(S(=O)(=O)NCCc2cccs2)cc1. The Bertz CT molecular complexity index is 1060. The van der Waals surface area contributed by atoms with Crippen LogP contribution in [0.4, 0.5) is 5.69 Å². The Hall–Kier alpha value is -2.19. The molecule has 0 saturated carbocycles. The van der Waals surface area contributed by atoms with Crippen molar-refractivity contribution in [1.82, 2.24) is 4.72 Å². The summed E-state index contributed by atoms with van der Waals surface area (Å²) in [6, 6.07) is 15.0. The molecule has 2 N–H and O–H groups in total. The number of sulfonamides is 1. The van der Waals surface area contributed by atoms with Crippen molar-refractivity contribution in [3.63, 3.8) is 0 Å². The van der Waals surface area contributed by atoms with E-state index in [0.717, 1.165) is 10.4 Å². The molecule has 1 aromatic heterocycles. The number of rotatable bonds is 7. The molecule has 0 radical (unpaired) electrons. The molecule has 0 aliphatic heterocycles. The maximum absolute atomic E-state index is 12.4. The van der Waals surface area contributed by atoms with E-state index in [1.54, 1.807) is 29.5 Å². The lowest BCUT2D eigenvalue weighted by atomic mass is 10.1. The average molecular weight is 435 g/mol. The summed E-state index contributed by atoms with van der Waals surface area (Å²) < 4.78 is 27.4. The van der Waals surface area contributed by atoms with Crippen molar-refractivity contribution in [3.8, 4) is 0 Å². The highest BCUT2D eigenvalue weighted by atomic mass is 35.5. The molecular weight excluding hydrogens is 416 g/mol. The van der Waals surface area contributed by atoms with Gasteiger partial charge < -0.3 is 5.32 Å². The van der Waals surface area contributed by atoms with Crippen LogP contribution in [0.1, 0.15) is 20.8 Å². The van der Waals surface area contributed by atoms with Gasteiger partial charge >= 0.3 is 0 Å². The van der Waals surface area contributed by atoms with E-state index in [0.29, 0.717) is 29.2 Å². The Kier molecular flexibility index (Phi) is 6.51. The highest BCUT2D eigenvalue weighted by Crippen LogP contribution is 2.23. The van der Waals surface area contributed by atoms with Crippen LogP contribution in [0.5, 0.6) is 0 Å². The first-order valence-corrected chi connectivity index (χ1v) is 11.3. The predicted octanol–water partition coefficient (Wildman–Crippen LogP) is 4.48. The van der Waals surface area contributed by atoms with E-state index in [1.165, 1.54) is 24.3 Å². The first-order valence-electron chi connectivity index (χ1n) is 8.55. The Morgan fingerprint density at radius 3 is 2.50 bits per heavy atom. The molecule has 0 fully saturated rings. The van der Waals surface area contributed by atoms with Gasteiger partial charge in [-0.05, 0) is 66.8 Å². The molecule has 0 bridgehead atoms. The lowest BCUT2D eigenvalue weighted by Gasteiger charge is -2.10. The monoisotopic (exact) mass is 434 g/mol. The van der Waals surface area contributed by atoms with Gasteiger partial charge in [0.15, 0.2) is 0 Å². The number of amides is 1. The number of nitrogens with one attached hydrogen (secondary N) is 2. The van der Waals surface area contributed by atoms with Crippen LogP contribution >= 0.6 is 22.9 Å².